The van der Waals surface area contributed by atoms with Crippen LogP contribution in [0.3, 0.4) is 0 Å². The van der Waals surface area contributed by atoms with Gasteiger partial charge in [0.1, 0.15) is 0 Å². The van der Waals surface area contributed by atoms with Gasteiger partial charge in [-0.3, -0.25) is 15.0 Å². The maximum absolute atomic E-state index is 11.2. The molecule has 0 bridgehead atoms. The zero-order chi connectivity index (χ0) is 20.0. The molecule has 0 aliphatic heterocycles. The lowest BCUT2D eigenvalue weighted by Gasteiger charge is -2.23. The maximum Gasteiger partial charge on any atom is 0.311 e. The first kappa shape index (κ1) is 20.9. The van der Waals surface area contributed by atoms with Crippen molar-refractivity contribution >= 4 is 5.69 Å². The van der Waals surface area contributed by atoms with E-state index in [1.807, 2.05) is 6.07 Å². The maximum atomic E-state index is 11.2. The Morgan fingerprint density at radius 3 is 2.19 bits per heavy atom. The molecular weight excluding hydrogens is 342 g/mol. The van der Waals surface area contributed by atoms with Gasteiger partial charge in [0.25, 0.3) is 0 Å². The van der Waals surface area contributed by atoms with E-state index in [-0.39, 0.29) is 16.9 Å². The number of nitro benzene ring substituents is 1. The lowest BCUT2D eigenvalue weighted by atomic mass is 9.87. The standard InChI is InChI=1S/C21H29N3O3/c1-21(2,3)18-8-5-16(6-9-18)14-23(12-11-22)15-17-7-10-20(27-4)19(13-17)24(25)26/h5-10,13H,11-12,14-15,22H2,1-4H3. The van der Waals surface area contributed by atoms with E-state index in [0.717, 1.165) is 12.1 Å². The van der Waals surface area contributed by atoms with Crippen LogP contribution in [0.5, 0.6) is 5.75 Å². The summed E-state index contributed by atoms with van der Waals surface area (Å²) in [5, 5.41) is 11.2. The second-order valence-electron chi connectivity index (χ2n) is 7.71. The van der Waals surface area contributed by atoms with E-state index in [9.17, 15) is 10.1 Å². The first-order valence-electron chi connectivity index (χ1n) is 9.07. The minimum atomic E-state index is -0.416. The van der Waals surface area contributed by atoms with E-state index in [4.69, 9.17) is 10.5 Å². The first-order valence-corrected chi connectivity index (χ1v) is 9.07. The van der Waals surface area contributed by atoms with Crippen molar-refractivity contribution in [2.45, 2.75) is 39.3 Å². The van der Waals surface area contributed by atoms with Gasteiger partial charge in [0.2, 0.25) is 0 Å². The zero-order valence-corrected chi connectivity index (χ0v) is 16.6. The van der Waals surface area contributed by atoms with Gasteiger partial charge in [-0.05, 0) is 28.2 Å². The average Bonchev–Trinajstić information content (AvgIpc) is 2.61. The molecule has 0 fully saturated rings. The highest BCUT2D eigenvalue weighted by molar-refractivity contribution is 5.48. The summed E-state index contributed by atoms with van der Waals surface area (Å²) < 4.78 is 5.07. The number of hydrogen-bond acceptors (Lipinski definition) is 5. The monoisotopic (exact) mass is 371 g/mol. The molecular formula is C21H29N3O3. The van der Waals surface area contributed by atoms with Crippen LogP contribution in [0, 0.1) is 10.1 Å². The zero-order valence-electron chi connectivity index (χ0n) is 16.6. The summed E-state index contributed by atoms with van der Waals surface area (Å²) >= 11 is 0. The molecule has 2 aromatic rings. The molecule has 0 unspecified atom stereocenters. The van der Waals surface area contributed by atoms with Gasteiger partial charge in [0, 0.05) is 32.2 Å². The van der Waals surface area contributed by atoms with Crippen molar-refractivity contribution in [2.75, 3.05) is 20.2 Å². The molecule has 0 atom stereocenters. The number of rotatable bonds is 8. The van der Waals surface area contributed by atoms with E-state index >= 15 is 0 Å². The fraction of sp³-hybridized carbons (Fsp3) is 0.429. The van der Waals surface area contributed by atoms with Crippen LogP contribution in [-0.4, -0.2) is 30.0 Å². The molecule has 146 valence electrons. The van der Waals surface area contributed by atoms with Crippen LogP contribution in [0.25, 0.3) is 0 Å². The Morgan fingerprint density at radius 2 is 1.67 bits per heavy atom. The predicted molar refractivity (Wildman–Crippen MR) is 108 cm³/mol. The molecule has 2 rings (SSSR count). The molecule has 0 aliphatic carbocycles. The van der Waals surface area contributed by atoms with Crippen molar-refractivity contribution in [1.29, 1.82) is 0 Å². The van der Waals surface area contributed by atoms with Crippen molar-refractivity contribution in [2.24, 2.45) is 5.73 Å². The fourth-order valence-electron chi connectivity index (χ4n) is 3.00. The molecule has 27 heavy (non-hydrogen) atoms. The Labute approximate surface area is 161 Å². The Balaban J connectivity index is 2.16. The summed E-state index contributed by atoms with van der Waals surface area (Å²) in [7, 11) is 1.43. The Bertz CT molecular complexity index is 767. The summed E-state index contributed by atoms with van der Waals surface area (Å²) in [6.07, 6.45) is 0. The molecule has 0 saturated carbocycles. The molecule has 6 nitrogen and oxygen atoms in total. The van der Waals surface area contributed by atoms with Gasteiger partial charge < -0.3 is 10.5 Å². The van der Waals surface area contributed by atoms with Crippen molar-refractivity contribution in [1.82, 2.24) is 4.90 Å². The third-order valence-electron chi connectivity index (χ3n) is 4.52. The number of ether oxygens (including phenoxy) is 1. The lowest BCUT2D eigenvalue weighted by molar-refractivity contribution is -0.385. The minimum absolute atomic E-state index is 0.0165. The minimum Gasteiger partial charge on any atom is -0.490 e. The number of nitrogens with two attached hydrogens (primary N) is 1. The van der Waals surface area contributed by atoms with Crippen LogP contribution in [0.15, 0.2) is 42.5 Å². The molecule has 0 heterocycles. The largest absolute Gasteiger partial charge is 0.490 e. The normalized spacial score (nSPS) is 11.6. The van der Waals surface area contributed by atoms with Crippen LogP contribution in [0.2, 0.25) is 0 Å². The van der Waals surface area contributed by atoms with Crippen molar-refractivity contribution < 1.29 is 9.66 Å². The highest BCUT2D eigenvalue weighted by atomic mass is 16.6. The molecule has 0 aliphatic rings. The summed E-state index contributed by atoms with van der Waals surface area (Å²) in [5.74, 6) is 0.270. The number of nitro groups is 1. The fourth-order valence-corrected chi connectivity index (χ4v) is 3.00. The van der Waals surface area contributed by atoms with Crippen molar-refractivity contribution in [3.8, 4) is 5.75 Å². The molecule has 0 aromatic heterocycles. The van der Waals surface area contributed by atoms with Crippen LogP contribution in [-0.2, 0) is 18.5 Å². The summed E-state index contributed by atoms with van der Waals surface area (Å²) in [6, 6.07) is 13.7. The predicted octanol–water partition coefficient (Wildman–Crippen LogP) is 3.86. The number of hydrogen-bond donors (Lipinski definition) is 1. The summed E-state index contributed by atoms with van der Waals surface area (Å²) in [5.41, 5.74) is 9.23. The molecule has 2 N–H and O–H groups in total. The Kier molecular flexibility index (Phi) is 6.93. The van der Waals surface area contributed by atoms with Gasteiger partial charge in [-0.15, -0.1) is 0 Å². The van der Waals surface area contributed by atoms with Gasteiger partial charge in [-0.25, -0.2) is 0 Å². The highest BCUT2D eigenvalue weighted by Crippen LogP contribution is 2.28. The third kappa shape index (κ3) is 5.77. The summed E-state index contributed by atoms with van der Waals surface area (Å²) in [4.78, 5) is 13.0. The lowest BCUT2D eigenvalue weighted by Crippen LogP contribution is -2.28. The number of methoxy groups -OCH3 is 1. The smallest absolute Gasteiger partial charge is 0.311 e. The Hall–Kier alpha value is -2.44. The van der Waals surface area contributed by atoms with E-state index < -0.39 is 4.92 Å². The van der Waals surface area contributed by atoms with E-state index in [1.165, 1.54) is 18.2 Å². The summed E-state index contributed by atoms with van der Waals surface area (Å²) in [6.45, 7) is 9.14. The van der Waals surface area contributed by atoms with E-state index in [1.54, 1.807) is 12.1 Å². The Morgan fingerprint density at radius 1 is 1.07 bits per heavy atom. The molecule has 0 saturated heterocycles. The van der Waals surface area contributed by atoms with Gasteiger partial charge >= 0.3 is 5.69 Å². The second kappa shape index (κ2) is 8.97. The van der Waals surface area contributed by atoms with Crippen LogP contribution in [0.4, 0.5) is 5.69 Å². The van der Waals surface area contributed by atoms with Gasteiger partial charge in [0.15, 0.2) is 5.75 Å². The highest BCUT2D eigenvalue weighted by Gasteiger charge is 2.17. The second-order valence-corrected chi connectivity index (χ2v) is 7.71. The average molecular weight is 371 g/mol. The molecule has 0 radical (unpaired) electrons. The quantitative estimate of drug-likeness (QED) is 0.563. The molecule has 0 spiro atoms. The van der Waals surface area contributed by atoms with Crippen LogP contribution in [0.1, 0.15) is 37.5 Å². The SMILES string of the molecule is COc1ccc(CN(CCN)Cc2ccc(C(C)(C)C)cc2)cc1[N+](=O)[O-]. The number of nitrogens with zero attached hydrogens (tertiary/aromatic N) is 2. The van der Waals surface area contributed by atoms with E-state index in [2.05, 4.69) is 49.9 Å². The van der Waals surface area contributed by atoms with Gasteiger partial charge in [-0.1, -0.05) is 51.1 Å². The third-order valence-corrected chi connectivity index (χ3v) is 4.52. The first-order chi connectivity index (χ1) is 12.7. The molecule has 0 amide bonds. The van der Waals surface area contributed by atoms with Gasteiger partial charge in [0.05, 0.1) is 12.0 Å². The number of benzene rings is 2. The topological polar surface area (TPSA) is 81.6 Å². The van der Waals surface area contributed by atoms with Crippen molar-refractivity contribution in [3.05, 3.63) is 69.3 Å². The van der Waals surface area contributed by atoms with Crippen LogP contribution < -0.4 is 10.5 Å². The molecule has 2 aromatic carbocycles. The van der Waals surface area contributed by atoms with Gasteiger partial charge in [-0.2, -0.15) is 0 Å². The van der Waals surface area contributed by atoms with Crippen molar-refractivity contribution in [3.63, 3.8) is 0 Å². The van der Waals surface area contributed by atoms with E-state index in [0.29, 0.717) is 19.6 Å². The van der Waals surface area contributed by atoms with Crippen LogP contribution >= 0.6 is 0 Å². The molecule has 6 heteroatoms.